The molecule has 0 aliphatic carbocycles. The lowest BCUT2D eigenvalue weighted by Crippen LogP contribution is -2.35. The van der Waals surface area contributed by atoms with E-state index in [9.17, 15) is 4.79 Å². The summed E-state index contributed by atoms with van der Waals surface area (Å²) in [6, 6.07) is 1.39. The van der Waals surface area contributed by atoms with Crippen LogP contribution in [0.2, 0.25) is 0 Å². The fraction of sp³-hybridized carbons (Fsp3) is 0.300. The maximum absolute atomic E-state index is 12.5. The van der Waals surface area contributed by atoms with E-state index in [2.05, 4.69) is 53.3 Å². The van der Waals surface area contributed by atoms with Crippen molar-refractivity contribution < 1.29 is 9.90 Å². The Kier molecular flexibility index (Phi) is 6.79. The lowest BCUT2D eigenvalue weighted by molar-refractivity contribution is 0.0923. The van der Waals surface area contributed by atoms with E-state index in [1.807, 2.05) is 6.08 Å². The van der Waals surface area contributed by atoms with Gasteiger partial charge < -0.3 is 26.4 Å². The molecule has 2 rings (SSSR count). The molecule has 0 radical (unpaired) electrons. The van der Waals surface area contributed by atoms with Crippen LogP contribution < -0.4 is 21.3 Å². The van der Waals surface area contributed by atoms with Crippen LogP contribution >= 0.6 is 0 Å². The van der Waals surface area contributed by atoms with Crippen molar-refractivity contribution in [1.82, 2.24) is 20.9 Å². The van der Waals surface area contributed by atoms with Gasteiger partial charge in [0.2, 0.25) is 0 Å². The molecule has 0 bridgehead atoms. The third-order valence-electron chi connectivity index (χ3n) is 4.01. The zero-order chi connectivity index (χ0) is 20.0. The Hall–Kier alpha value is -3.06. The molecule has 0 spiro atoms. The number of aliphatic hydroxyl groups is 1. The fourth-order valence-corrected chi connectivity index (χ4v) is 2.58. The molecule has 2 heterocycles. The second-order valence-electron chi connectivity index (χ2n) is 6.60. The van der Waals surface area contributed by atoms with Crippen molar-refractivity contribution >= 4 is 11.6 Å². The van der Waals surface area contributed by atoms with E-state index in [0.29, 0.717) is 11.3 Å². The number of nitrogens with zero attached hydrogens (tertiary/aromatic N) is 1. The van der Waals surface area contributed by atoms with Gasteiger partial charge in [-0.2, -0.15) is 0 Å². The number of hydrogen-bond donors (Lipinski definition) is 5. The predicted octanol–water partition coefficient (Wildman–Crippen LogP) is 2.21. The van der Waals surface area contributed by atoms with Gasteiger partial charge in [-0.3, -0.25) is 9.78 Å². The average molecular weight is 369 g/mol. The maximum Gasteiger partial charge on any atom is 0.255 e. The van der Waals surface area contributed by atoms with Crippen LogP contribution in [-0.4, -0.2) is 28.6 Å². The minimum atomic E-state index is -0.348. The number of pyridine rings is 1. The summed E-state index contributed by atoms with van der Waals surface area (Å²) < 4.78 is 0. The van der Waals surface area contributed by atoms with Crippen LogP contribution in [0, 0.1) is 5.92 Å². The van der Waals surface area contributed by atoms with E-state index < -0.39 is 0 Å². The molecule has 1 aromatic rings. The van der Waals surface area contributed by atoms with Gasteiger partial charge in [0, 0.05) is 24.1 Å². The molecular weight excluding hydrogens is 342 g/mol. The molecule has 0 aromatic carbocycles. The highest BCUT2D eigenvalue weighted by Gasteiger charge is 2.20. The van der Waals surface area contributed by atoms with E-state index in [0.717, 1.165) is 22.8 Å². The zero-order valence-electron chi connectivity index (χ0n) is 16.0. The molecule has 5 N–H and O–H groups in total. The number of allylic oxidation sites excluding steroid dienone is 2. The molecule has 1 unspecified atom stereocenters. The molecule has 1 aromatic heterocycles. The molecule has 1 atom stereocenters. The molecule has 1 aliphatic rings. The summed E-state index contributed by atoms with van der Waals surface area (Å²) >= 11 is 0. The number of dihydropyridines is 1. The third kappa shape index (κ3) is 4.98. The van der Waals surface area contributed by atoms with Gasteiger partial charge in [0.1, 0.15) is 0 Å². The summed E-state index contributed by atoms with van der Waals surface area (Å²) in [4.78, 5) is 16.6. The number of hydrogen-bond acceptors (Lipinski definition) is 6. The Balaban J connectivity index is 2.39. The lowest BCUT2D eigenvalue weighted by atomic mass is 10.0. The average Bonchev–Trinajstić information content (AvgIpc) is 2.64. The second-order valence-corrected chi connectivity index (χ2v) is 6.60. The van der Waals surface area contributed by atoms with Crippen molar-refractivity contribution in [3.8, 4) is 0 Å². The number of nitrogens with one attached hydrogen (secondary N) is 4. The van der Waals surface area contributed by atoms with Gasteiger partial charge in [-0.1, -0.05) is 27.0 Å². The van der Waals surface area contributed by atoms with Crippen LogP contribution in [0.25, 0.3) is 0 Å². The highest BCUT2D eigenvalue weighted by Crippen LogP contribution is 2.25. The van der Waals surface area contributed by atoms with Gasteiger partial charge in [-0.25, -0.2) is 0 Å². The van der Waals surface area contributed by atoms with Gasteiger partial charge in [0.25, 0.3) is 5.91 Å². The van der Waals surface area contributed by atoms with E-state index in [-0.39, 0.29) is 24.5 Å². The molecule has 0 saturated heterocycles. The van der Waals surface area contributed by atoms with Crippen molar-refractivity contribution in [2.75, 3.05) is 11.9 Å². The van der Waals surface area contributed by atoms with Gasteiger partial charge in [-0.15, -0.1) is 0 Å². The SMILES string of the molecule is C=CNC1=CC(Nc2ccncc2C(=O)NC(C)CO)=C(C(C)C)NC1=C. The molecule has 27 heavy (non-hydrogen) atoms. The predicted molar refractivity (Wildman–Crippen MR) is 107 cm³/mol. The summed E-state index contributed by atoms with van der Waals surface area (Å²) in [5, 5.41) is 21.6. The van der Waals surface area contributed by atoms with Crippen molar-refractivity contribution in [2.24, 2.45) is 5.92 Å². The Morgan fingerprint density at radius 1 is 1.41 bits per heavy atom. The molecule has 7 heteroatoms. The van der Waals surface area contributed by atoms with Gasteiger partial charge in [-0.05, 0) is 31.2 Å². The topological polar surface area (TPSA) is 98.3 Å². The molecule has 144 valence electrons. The summed E-state index contributed by atoms with van der Waals surface area (Å²) in [7, 11) is 0. The number of rotatable bonds is 8. The molecule has 7 nitrogen and oxygen atoms in total. The van der Waals surface area contributed by atoms with E-state index >= 15 is 0 Å². The number of aliphatic hydroxyl groups excluding tert-OH is 1. The summed E-state index contributed by atoms with van der Waals surface area (Å²) in [5.41, 5.74) is 4.31. The highest BCUT2D eigenvalue weighted by molar-refractivity contribution is 5.99. The highest BCUT2D eigenvalue weighted by atomic mass is 16.3. The quantitative estimate of drug-likeness (QED) is 0.482. The Morgan fingerprint density at radius 2 is 2.15 bits per heavy atom. The fourth-order valence-electron chi connectivity index (χ4n) is 2.58. The van der Waals surface area contributed by atoms with Crippen LogP contribution in [0.3, 0.4) is 0 Å². The standard InChI is InChI=1S/C20H27N5O2/c1-6-22-17-9-18(19(12(2)3)24-14(17)5)25-16-7-8-21-10-15(16)20(27)23-13(4)11-26/h6-10,12-13,22,24,26H,1,5,11H2,2-4H3,(H,21,25)(H,23,27). The molecule has 1 amide bonds. The first-order chi connectivity index (χ1) is 12.9. The minimum absolute atomic E-state index is 0.136. The van der Waals surface area contributed by atoms with E-state index in [1.165, 1.54) is 6.20 Å². The molecular formula is C20H27N5O2. The van der Waals surface area contributed by atoms with Gasteiger partial charge >= 0.3 is 0 Å². The van der Waals surface area contributed by atoms with Crippen LogP contribution in [0.5, 0.6) is 0 Å². The first-order valence-corrected chi connectivity index (χ1v) is 8.79. The largest absolute Gasteiger partial charge is 0.394 e. The minimum Gasteiger partial charge on any atom is -0.394 e. The van der Waals surface area contributed by atoms with Crippen molar-refractivity contribution in [1.29, 1.82) is 0 Å². The smallest absolute Gasteiger partial charge is 0.255 e. The first kappa shape index (κ1) is 20.3. The van der Waals surface area contributed by atoms with Crippen LogP contribution in [0.4, 0.5) is 5.69 Å². The number of aromatic nitrogens is 1. The Labute approximate surface area is 160 Å². The third-order valence-corrected chi connectivity index (χ3v) is 4.01. The van der Waals surface area contributed by atoms with E-state index in [4.69, 9.17) is 5.11 Å². The van der Waals surface area contributed by atoms with Crippen molar-refractivity contribution in [3.63, 3.8) is 0 Å². The Bertz CT molecular complexity index is 795. The Morgan fingerprint density at radius 3 is 2.78 bits per heavy atom. The number of amides is 1. The summed E-state index contributed by atoms with van der Waals surface area (Å²) in [6.45, 7) is 13.4. The molecule has 0 saturated carbocycles. The monoisotopic (exact) mass is 369 g/mol. The normalized spacial score (nSPS) is 15.0. The molecule has 1 aliphatic heterocycles. The second kappa shape index (κ2) is 9.05. The van der Waals surface area contributed by atoms with Crippen molar-refractivity contribution in [2.45, 2.75) is 26.8 Å². The van der Waals surface area contributed by atoms with Gasteiger partial charge in [0.05, 0.1) is 34.9 Å². The van der Waals surface area contributed by atoms with Crippen LogP contribution in [0.15, 0.2) is 66.7 Å². The number of anilines is 1. The maximum atomic E-state index is 12.5. The molecule has 0 fully saturated rings. The van der Waals surface area contributed by atoms with Crippen LogP contribution in [0.1, 0.15) is 31.1 Å². The number of carbonyl (C=O) groups excluding carboxylic acids is 1. The van der Waals surface area contributed by atoms with E-state index in [1.54, 1.807) is 25.4 Å². The van der Waals surface area contributed by atoms with Crippen LogP contribution in [-0.2, 0) is 0 Å². The lowest BCUT2D eigenvalue weighted by Gasteiger charge is -2.27. The number of carbonyl (C=O) groups is 1. The zero-order valence-corrected chi connectivity index (χ0v) is 16.0. The van der Waals surface area contributed by atoms with Gasteiger partial charge in [0.15, 0.2) is 0 Å². The summed E-state index contributed by atoms with van der Waals surface area (Å²) in [6.07, 6.45) is 6.62. The first-order valence-electron chi connectivity index (χ1n) is 8.79. The summed E-state index contributed by atoms with van der Waals surface area (Å²) in [5.74, 6) is -0.0975. The van der Waals surface area contributed by atoms with Crippen molar-refractivity contribution in [3.05, 3.63) is 72.2 Å².